The van der Waals surface area contributed by atoms with Crippen LogP contribution in [0.4, 0.5) is 5.82 Å². The first-order valence-electron chi connectivity index (χ1n) is 6.97. The summed E-state index contributed by atoms with van der Waals surface area (Å²) < 4.78 is 0. The monoisotopic (exact) mass is 269 g/mol. The summed E-state index contributed by atoms with van der Waals surface area (Å²) in [4.78, 5) is 11.1. The molecular weight excluding hydrogens is 250 g/mol. The van der Waals surface area contributed by atoms with Gasteiger partial charge in [-0.2, -0.15) is 0 Å². The van der Waals surface area contributed by atoms with Gasteiger partial charge in [-0.15, -0.1) is 0 Å². The molecule has 0 bridgehead atoms. The fourth-order valence-corrected chi connectivity index (χ4v) is 2.49. The minimum atomic E-state index is -0.241. The molecule has 1 aliphatic rings. The molecule has 0 spiro atoms. The highest BCUT2D eigenvalue weighted by Gasteiger charge is 2.21. The normalized spacial score (nSPS) is 18.6. The second-order valence-corrected chi connectivity index (χ2v) is 5.43. The molecule has 104 valence electrons. The molecule has 0 amide bonds. The highest BCUT2D eigenvalue weighted by molar-refractivity contribution is 5.59. The van der Waals surface area contributed by atoms with Crippen molar-refractivity contribution in [3.05, 3.63) is 41.6 Å². The number of anilines is 1. The lowest BCUT2D eigenvalue weighted by Crippen LogP contribution is -2.22. The van der Waals surface area contributed by atoms with Crippen molar-refractivity contribution >= 4 is 5.82 Å². The third-order valence-corrected chi connectivity index (χ3v) is 3.89. The number of hydrogen-bond donors (Lipinski definition) is 1. The number of β-amino-alcohol motifs (C(OH)–C–C–N with tert-alkyl or cyclic N) is 1. The van der Waals surface area contributed by atoms with E-state index in [4.69, 9.17) is 0 Å². The summed E-state index contributed by atoms with van der Waals surface area (Å²) in [5.41, 5.74) is 3.55. The van der Waals surface area contributed by atoms with Gasteiger partial charge in [0.15, 0.2) is 5.82 Å². The average Bonchev–Trinajstić information content (AvgIpc) is 2.89. The van der Waals surface area contributed by atoms with Crippen LogP contribution in [0.1, 0.15) is 17.5 Å². The first-order chi connectivity index (χ1) is 9.63. The molecule has 1 aliphatic heterocycles. The highest BCUT2D eigenvalue weighted by atomic mass is 16.3. The quantitative estimate of drug-likeness (QED) is 0.909. The predicted octanol–water partition coefficient (Wildman–Crippen LogP) is 2.33. The Bertz CT molecular complexity index is 627. The molecule has 1 N–H and O–H groups in total. The van der Waals surface area contributed by atoms with Crippen molar-refractivity contribution in [3.8, 4) is 11.4 Å². The van der Waals surface area contributed by atoms with Gasteiger partial charge >= 0.3 is 0 Å². The largest absolute Gasteiger partial charge is 0.391 e. The number of aliphatic hydroxyl groups excluding tert-OH is 1. The van der Waals surface area contributed by atoms with Crippen molar-refractivity contribution in [2.75, 3.05) is 18.0 Å². The maximum atomic E-state index is 9.63. The van der Waals surface area contributed by atoms with Crippen molar-refractivity contribution in [2.45, 2.75) is 26.4 Å². The van der Waals surface area contributed by atoms with E-state index < -0.39 is 0 Å². The standard InChI is InChI=1S/C16H19N3O/c1-11-3-4-13(9-12(11)2)16-17-7-5-15(18-16)19-8-6-14(20)10-19/h3-5,7,9,14,20H,6,8,10H2,1-2H3/t14-/m0/s1. The first kappa shape index (κ1) is 13.1. The van der Waals surface area contributed by atoms with Crippen LogP contribution in [0.5, 0.6) is 0 Å². The number of aryl methyl sites for hydroxylation is 2. The van der Waals surface area contributed by atoms with Gasteiger partial charge in [0, 0.05) is 24.8 Å². The van der Waals surface area contributed by atoms with Crippen LogP contribution in [0.3, 0.4) is 0 Å². The minimum absolute atomic E-state index is 0.241. The summed E-state index contributed by atoms with van der Waals surface area (Å²) in [5.74, 6) is 1.64. The van der Waals surface area contributed by atoms with Crippen molar-refractivity contribution < 1.29 is 5.11 Å². The maximum absolute atomic E-state index is 9.63. The van der Waals surface area contributed by atoms with Crippen molar-refractivity contribution in [2.24, 2.45) is 0 Å². The number of rotatable bonds is 2. The van der Waals surface area contributed by atoms with Crippen LogP contribution in [-0.4, -0.2) is 34.3 Å². The van der Waals surface area contributed by atoms with Crippen molar-refractivity contribution in [1.82, 2.24) is 9.97 Å². The summed E-state index contributed by atoms with van der Waals surface area (Å²) in [6, 6.07) is 8.18. The Morgan fingerprint density at radius 1 is 1.20 bits per heavy atom. The fourth-order valence-electron chi connectivity index (χ4n) is 2.49. The summed E-state index contributed by atoms with van der Waals surface area (Å²) in [5, 5.41) is 9.63. The van der Waals surface area contributed by atoms with Gasteiger partial charge in [-0.25, -0.2) is 9.97 Å². The molecule has 2 aromatic rings. The van der Waals surface area contributed by atoms with Gasteiger partial charge < -0.3 is 10.0 Å². The molecular formula is C16H19N3O. The maximum Gasteiger partial charge on any atom is 0.161 e. The fraction of sp³-hybridized carbons (Fsp3) is 0.375. The minimum Gasteiger partial charge on any atom is -0.391 e. The molecule has 1 aromatic carbocycles. The lowest BCUT2D eigenvalue weighted by Gasteiger charge is -2.17. The number of aliphatic hydroxyl groups is 1. The lowest BCUT2D eigenvalue weighted by atomic mass is 10.1. The Hall–Kier alpha value is -1.94. The second-order valence-electron chi connectivity index (χ2n) is 5.43. The van der Waals surface area contributed by atoms with E-state index in [0.29, 0.717) is 6.54 Å². The Kier molecular flexibility index (Phi) is 3.40. The van der Waals surface area contributed by atoms with Crippen LogP contribution in [-0.2, 0) is 0 Å². The molecule has 1 aromatic heterocycles. The summed E-state index contributed by atoms with van der Waals surface area (Å²) in [7, 11) is 0. The molecule has 1 atom stereocenters. The lowest BCUT2D eigenvalue weighted by molar-refractivity contribution is 0.198. The van der Waals surface area contributed by atoms with E-state index in [9.17, 15) is 5.11 Å². The Morgan fingerprint density at radius 2 is 2.05 bits per heavy atom. The zero-order valence-corrected chi connectivity index (χ0v) is 11.9. The summed E-state index contributed by atoms with van der Waals surface area (Å²) in [6.07, 6.45) is 2.36. The molecule has 4 heteroatoms. The third-order valence-electron chi connectivity index (χ3n) is 3.89. The van der Waals surface area contributed by atoms with E-state index >= 15 is 0 Å². The number of nitrogens with zero attached hydrogens (tertiary/aromatic N) is 3. The molecule has 4 nitrogen and oxygen atoms in total. The van der Waals surface area contributed by atoms with Crippen LogP contribution in [0.15, 0.2) is 30.5 Å². The van der Waals surface area contributed by atoms with E-state index in [1.165, 1.54) is 11.1 Å². The molecule has 1 fully saturated rings. The van der Waals surface area contributed by atoms with E-state index in [1.807, 2.05) is 6.07 Å². The van der Waals surface area contributed by atoms with Gasteiger partial charge in [0.25, 0.3) is 0 Å². The molecule has 20 heavy (non-hydrogen) atoms. The predicted molar refractivity (Wildman–Crippen MR) is 79.8 cm³/mol. The second kappa shape index (κ2) is 5.21. The van der Waals surface area contributed by atoms with Gasteiger partial charge in [0.2, 0.25) is 0 Å². The topological polar surface area (TPSA) is 49.2 Å². The summed E-state index contributed by atoms with van der Waals surface area (Å²) >= 11 is 0. The average molecular weight is 269 g/mol. The van der Waals surface area contributed by atoms with Crippen LogP contribution >= 0.6 is 0 Å². The molecule has 2 heterocycles. The van der Waals surface area contributed by atoms with Gasteiger partial charge in [-0.1, -0.05) is 12.1 Å². The molecule has 0 aliphatic carbocycles. The smallest absolute Gasteiger partial charge is 0.161 e. The van der Waals surface area contributed by atoms with Crippen LogP contribution in [0, 0.1) is 13.8 Å². The van der Waals surface area contributed by atoms with E-state index in [-0.39, 0.29) is 6.10 Å². The molecule has 0 radical (unpaired) electrons. The molecule has 0 unspecified atom stereocenters. The Morgan fingerprint density at radius 3 is 2.75 bits per heavy atom. The summed E-state index contributed by atoms with van der Waals surface area (Å²) in [6.45, 7) is 5.70. The molecule has 0 saturated carbocycles. The Labute approximate surface area is 119 Å². The van der Waals surface area contributed by atoms with E-state index in [2.05, 4.69) is 46.9 Å². The van der Waals surface area contributed by atoms with Gasteiger partial charge in [0.05, 0.1) is 6.10 Å². The first-order valence-corrected chi connectivity index (χ1v) is 6.97. The molecule has 1 saturated heterocycles. The van der Waals surface area contributed by atoms with Crippen LogP contribution < -0.4 is 4.90 Å². The molecule has 3 rings (SSSR count). The number of hydrogen-bond acceptors (Lipinski definition) is 4. The SMILES string of the molecule is Cc1ccc(-c2nccc(N3CC[C@H](O)C3)n2)cc1C. The van der Waals surface area contributed by atoms with Crippen LogP contribution in [0.25, 0.3) is 11.4 Å². The van der Waals surface area contributed by atoms with Crippen molar-refractivity contribution in [3.63, 3.8) is 0 Å². The number of aromatic nitrogens is 2. The number of benzene rings is 1. The zero-order chi connectivity index (χ0) is 14.1. The Balaban J connectivity index is 1.92. The van der Waals surface area contributed by atoms with E-state index in [0.717, 1.165) is 30.2 Å². The van der Waals surface area contributed by atoms with Crippen LogP contribution in [0.2, 0.25) is 0 Å². The van der Waals surface area contributed by atoms with Gasteiger partial charge in [-0.05, 0) is 43.5 Å². The van der Waals surface area contributed by atoms with E-state index in [1.54, 1.807) is 6.20 Å². The highest BCUT2D eigenvalue weighted by Crippen LogP contribution is 2.23. The van der Waals surface area contributed by atoms with Gasteiger partial charge in [0.1, 0.15) is 5.82 Å². The third kappa shape index (κ3) is 2.51. The van der Waals surface area contributed by atoms with Crippen molar-refractivity contribution in [1.29, 1.82) is 0 Å². The van der Waals surface area contributed by atoms with Gasteiger partial charge in [-0.3, -0.25) is 0 Å². The zero-order valence-electron chi connectivity index (χ0n) is 11.9.